The lowest BCUT2D eigenvalue weighted by Crippen LogP contribution is -2.19. The van der Waals surface area contributed by atoms with Crippen molar-refractivity contribution in [2.45, 2.75) is 20.0 Å². The molecule has 0 amide bonds. The van der Waals surface area contributed by atoms with Gasteiger partial charge >= 0.3 is 0 Å². The van der Waals surface area contributed by atoms with Gasteiger partial charge in [-0.05, 0) is 32.0 Å². The van der Waals surface area contributed by atoms with Gasteiger partial charge in [0.1, 0.15) is 0 Å². The van der Waals surface area contributed by atoms with E-state index in [1.165, 1.54) is 0 Å². The second-order valence-electron chi connectivity index (χ2n) is 4.27. The molecule has 1 atom stereocenters. The van der Waals surface area contributed by atoms with Crippen molar-refractivity contribution < 1.29 is 4.74 Å². The third kappa shape index (κ3) is 2.71. The number of pyridine rings is 1. The standard InChI is InChI=1S/C14H19N3O/c1-3-18-10(2)8-17-14-5-4-13(15)11-6-7-16-9-12(11)14/h4-7,9-10,17H,3,8,15H2,1-2H3. The fourth-order valence-corrected chi connectivity index (χ4v) is 1.96. The number of aromatic nitrogens is 1. The Labute approximate surface area is 107 Å². The highest BCUT2D eigenvalue weighted by Crippen LogP contribution is 2.27. The van der Waals surface area contributed by atoms with Crippen LogP contribution in [0.1, 0.15) is 13.8 Å². The van der Waals surface area contributed by atoms with Gasteiger partial charge in [-0.2, -0.15) is 0 Å². The van der Waals surface area contributed by atoms with Gasteiger partial charge < -0.3 is 15.8 Å². The van der Waals surface area contributed by atoms with Crippen LogP contribution in [0.25, 0.3) is 10.8 Å². The third-order valence-corrected chi connectivity index (χ3v) is 2.88. The molecule has 0 aliphatic carbocycles. The molecule has 4 heteroatoms. The lowest BCUT2D eigenvalue weighted by Gasteiger charge is -2.15. The van der Waals surface area contributed by atoms with Gasteiger partial charge in [0, 0.05) is 47.7 Å². The highest BCUT2D eigenvalue weighted by atomic mass is 16.5. The molecule has 0 radical (unpaired) electrons. The van der Waals surface area contributed by atoms with E-state index in [0.29, 0.717) is 0 Å². The largest absolute Gasteiger partial charge is 0.398 e. The Morgan fingerprint density at radius 2 is 2.17 bits per heavy atom. The molecular formula is C14H19N3O. The van der Waals surface area contributed by atoms with Gasteiger partial charge in [-0.3, -0.25) is 4.98 Å². The molecule has 96 valence electrons. The number of rotatable bonds is 5. The van der Waals surface area contributed by atoms with E-state index in [4.69, 9.17) is 10.5 Å². The van der Waals surface area contributed by atoms with Gasteiger partial charge in [0.2, 0.25) is 0 Å². The van der Waals surface area contributed by atoms with Crippen molar-refractivity contribution in [2.24, 2.45) is 0 Å². The predicted molar refractivity (Wildman–Crippen MR) is 75.7 cm³/mol. The van der Waals surface area contributed by atoms with E-state index in [0.717, 1.165) is 35.3 Å². The molecule has 1 aromatic heterocycles. The second-order valence-corrected chi connectivity index (χ2v) is 4.27. The summed E-state index contributed by atoms with van der Waals surface area (Å²) >= 11 is 0. The van der Waals surface area contributed by atoms with Crippen molar-refractivity contribution in [2.75, 3.05) is 24.2 Å². The number of nitrogen functional groups attached to an aromatic ring is 1. The maximum atomic E-state index is 5.95. The molecule has 3 N–H and O–H groups in total. The van der Waals surface area contributed by atoms with Gasteiger partial charge in [0.15, 0.2) is 0 Å². The summed E-state index contributed by atoms with van der Waals surface area (Å²) in [6.45, 7) is 5.54. The number of nitrogens with one attached hydrogen (secondary N) is 1. The highest BCUT2D eigenvalue weighted by molar-refractivity contribution is 6.00. The fraction of sp³-hybridized carbons (Fsp3) is 0.357. The number of hydrogen-bond acceptors (Lipinski definition) is 4. The van der Waals surface area contributed by atoms with Crippen LogP contribution in [-0.4, -0.2) is 24.2 Å². The quantitative estimate of drug-likeness (QED) is 0.795. The third-order valence-electron chi connectivity index (χ3n) is 2.88. The lowest BCUT2D eigenvalue weighted by molar-refractivity contribution is 0.0855. The summed E-state index contributed by atoms with van der Waals surface area (Å²) in [7, 11) is 0. The van der Waals surface area contributed by atoms with Crippen LogP contribution in [0.15, 0.2) is 30.6 Å². The Bertz CT molecular complexity index is 527. The smallest absolute Gasteiger partial charge is 0.0719 e. The molecule has 0 aliphatic rings. The summed E-state index contributed by atoms with van der Waals surface area (Å²) < 4.78 is 5.50. The van der Waals surface area contributed by atoms with Crippen molar-refractivity contribution >= 4 is 22.1 Å². The minimum absolute atomic E-state index is 0.180. The summed E-state index contributed by atoms with van der Waals surface area (Å²) in [6.07, 6.45) is 3.77. The van der Waals surface area contributed by atoms with E-state index < -0.39 is 0 Å². The molecular weight excluding hydrogens is 226 g/mol. The van der Waals surface area contributed by atoms with E-state index in [-0.39, 0.29) is 6.10 Å². The van der Waals surface area contributed by atoms with Crippen molar-refractivity contribution in [1.29, 1.82) is 0 Å². The van der Waals surface area contributed by atoms with Gasteiger partial charge in [-0.15, -0.1) is 0 Å². The van der Waals surface area contributed by atoms with Crippen LogP contribution in [-0.2, 0) is 4.74 Å². The molecule has 0 bridgehead atoms. The number of nitrogens with zero attached hydrogens (tertiary/aromatic N) is 1. The first kappa shape index (κ1) is 12.6. The summed E-state index contributed by atoms with van der Waals surface area (Å²) in [6, 6.07) is 5.83. The van der Waals surface area contributed by atoms with Crippen LogP contribution in [0.2, 0.25) is 0 Å². The monoisotopic (exact) mass is 245 g/mol. The maximum absolute atomic E-state index is 5.95. The van der Waals surface area contributed by atoms with Crippen molar-refractivity contribution in [3.8, 4) is 0 Å². The van der Waals surface area contributed by atoms with E-state index in [1.54, 1.807) is 6.20 Å². The first-order chi connectivity index (χ1) is 8.72. The zero-order chi connectivity index (χ0) is 13.0. The molecule has 1 heterocycles. The Hall–Kier alpha value is -1.81. The Morgan fingerprint density at radius 3 is 2.94 bits per heavy atom. The summed E-state index contributed by atoms with van der Waals surface area (Å²) in [5.74, 6) is 0. The SMILES string of the molecule is CCOC(C)CNc1ccc(N)c2ccncc12. The number of fused-ring (bicyclic) bond motifs is 1. The number of nitrogens with two attached hydrogens (primary N) is 1. The molecule has 2 aromatic rings. The van der Waals surface area contributed by atoms with Crippen LogP contribution >= 0.6 is 0 Å². The number of ether oxygens (including phenoxy) is 1. The Balaban J connectivity index is 2.21. The molecule has 0 aliphatic heterocycles. The topological polar surface area (TPSA) is 60.2 Å². The summed E-state index contributed by atoms with van der Waals surface area (Å²) in [5.41, 5.74) is 7.76. The molecule has 1 aromatic carbocycles. The second kappa shape index (κ2) is 5.69. The molecule has 0 fully saturated rings. The minimum Gasteiger partial charge on any atom is -0.398 e. The zero-order valence-electron chi connectivity index (χ0n) is 10.8. The van der Waals surface area contributed by atoms with E-state index in [2.05, 4.69) is 10.3 Å². The first-order valence-corrected chi connectivity index (χ1v) is 6.20. The maximum Gasteiger partial charge on any atom is 0.0719 e. The molecule has 4 nitrogen and oxygen atoms in total. The summed E-state index contributed by atoms with van der Waals surface area (Å²) in [5, 5.41) is 5.45. The average molecular weight is 245 g/mol. The fourth-order valence-electron chi connectivity index (χ4n) is 1.96. The van der Waals surface area contributed by atoms with E-state index in [9.17, 15) is 0 Å². The Kier molecular flexibility index (Phi) is 3.99. The van der Waals surface area contributed by atoms with Gasteiger partial charge in [-0.25, -0.2) is 0 Å². The predicted octanol–water partition coefficient (Wildman–Crippen LogP) is 2.65. The number of benzene rings is 1. The molecule has 18 heavy (non-hydrogen) atoms. The number of hydrogen-bond donors (Lipinski definition) is 2. The van der Waals surface area contributed by atoms with Crippen molar-refractivity contribution in [3.63, 3.8) is 0 Å². The molecule has 0 saturated carbocycles. The molecule has 2 rings (SSSR count). The van der Waals surface area contributed by atoms with Crippen LogP contribution in [0.4, 0.5) is 11.4 Å². The lowest BCUT2D eigenvalue weighted by atomic mass is 10.1. The zero-order valence-corrected chi connectivity index (χ0v) is 10.8. The van der Waals surface area contributed by atoms with Crippen molar-refractivity contribution in [1.82, 2.24) is 4.98 Å². The van der Waals surface area contributed by atoms with Gasteiger partial charge in [0.05, 0.1) is 6.10 Å². The van der Waals surface area contributed by atoms with Crippen LogP contribution in [0.5, 0.6) is 0 Å². The van der Waals surface area contributed by atoms with Gasteiger partial charge in [-0.1, -0.05) is 0 Å². The van der Waals surface area contributed by atoms with Crippen LogP contribution < -0.4 is 11.1 Å². The van der Waals surface area contributed by atoms with Crippen molar-refractivity contribution in [3.05, 3.63) is 30.6 Å². The number of anilines is 2. The van der Waals surface area contributed by atoms with E-state index >= 15 is 0 Å². The van der Waals surface area contributed by atoms with E-state index in [1.807, 2.05) is 38.2 Å². The minimum atomic E-state index is 0.180. The molecule has 0 saturated heterocycles. The highest BCUT2D eigenvalue weighted by Gasteiger charge is 2.05. The Morgan fingerprint density at radius 1 is 1.33 bits per heavy atom. The summed E-state index contributed by atoms with van der Waals surface area (Å²) in [4.78, 5) is 4.15. The average Bonchev–Trinajstić information content (AvgIpc) is 2.39. The normalized spacial score (nSPS) is 12.6. The molecule has 1 unspecified atom stereocenters. The van der Waals surface area contributed by atoms with Gasteiger partial charge in [0.25, 0.3) is 0 Å². The first-order valence-electron chi connectivity index (χ1n) is 6.20. The van der Waals surface area contributed by atoms with Crippen LogP contribution in [0, 0.1) is 0 Å². The van der Waals surface area contributed by atoms with Crippen LogP contribution in [0.3, 0.4) is 0 Å². The molecule has 0 spiro atoms.